The molecule has 0 radical (unpaired) electrons. The summed E-state index contributed by atoms with van der Waals surface area (Å²) in [5, 5.41) is 3.26. The number of carbonyl (C=O) groups excluding carboxylic acids is 3. The van der Waals surface area contributed by atoms with Crippen molar-refractivity contribution in [2.45, 2.75) is 198 Å². The molecule has 65 heavy (non-hydrogen) atoms. The number of carbonyl (C=O) groups is 3. The molecule has 0 N–H and O–H groups in total. The lowest BCUT2D eigenvalue weighted by molar-refractivity contribution is -0.118. The maximum absolute atomic E-state index is 11.3. The van der Waals surface area contributed by atoms with E-state index >= 15 is 0 Å². The van der Waals surface area contributed by atoms with Gasteiger partial charge in [0, 0.05) is 45.6 Å². The van der Waals surface area contributed by atoms with E-state index in [4.69, 9.17) is 6.57 Å². The van der Waals surface area contributed by atoms with Crippen LogP contribution in [0, 0.1) is 48.1 Å². The van der Waals surface area contributed by atoms with Gasteiger partial charge in [-0.1, -0.05) is 128 Å². The van der Waals surface area contributed by atoms with Crippen molar-refractivity contribution in [3.8, 4) is 0 Å². The van der Waals surface area contributed by atoms with Crippen LogP contribution < -0.4 is 0 Å². The fourth-order valence-electron chi connectivity index (χ4n) is 8.74. The second kappa shape index (κ2) is 27.1. The molecule has 10 heteroatoms. The van der Waals surface area contributed by atoms with E-state index < -0.39 is 0 Å². The van der Waals surface area contributed by atoms with Gasteiger partial charge in [-0.05, 0) is 109 Å². The number of pyridine rings is 3. The Morgan fingerprint density at radius 1 is 0.477 bits per heavy atom. The monoisotopic (exact) mass is 884 g/mol. The number of rotatable bonds is 6. The summed E-state index contributed by atoms with van der Waals surface area (Å²) in [5.41, 5.74) is 9.07. The Hall–Kier alpha value is -5.43. The van der Waals surface area contributed by atoms with Crippen LogP contribution in [0.4, 0.5) is 5.82 Å². The maximum Gasteiger partial charge on any atom is 0.271 e. The molecule has 0 unspecified atom stereocenters. The van der Waals surface area contributed by atoms with E-state index in [-0.39, 0.29) is 17.3 Å². The predicted octanol–water partition coefficient (Wildman–Crippen LogP) is 14.3. The van der Waals surface area contributed by atoms with Crippen molar-refractivity contribution in [1.29, 1.82) is 0 Å². The van der Waals surface area contributed by atoms with Gasteiger partial charge in [-0.15, -0.1) is 4.98 Å². The molecule has 0 spiro atoms. The van der Waals surface area contributed by atoms with Crippen molar-refractivity contribution in [1.82, 2.24) is 28.7 Å². The molecule has 0 amide bonds. The Bertz CT molecular complexity index is 2440. The summed E-state index contributed by atoms with van der Waals surface area (Å²) in [5.74, 6) is 0.737. The lowest BCUT2D eigenvalue weighted by Gasteiger charge is -2.05. The zero-order valence-electron chi connectivity index (χ0n) is 41.3. The van der Waals surface area contributed by atoms with Crippen molar-refractivity contribution in [2.24, 2.45) is 0 Å². The molecule has 3 saturated carbocycles. The molecule has 0 atom stereocenters. The molecule has 0 bridgehead atoms. The number of aromatic nitrogens is 6. The quantitative estimate of drug-likeness (QED) is 0.154. The third-order valence-electron chi connectivity index (χ3n) is 12.4. The van der Waals surface area contributed by atoms with Crippen LogP contribution in [0.15, 0.2) is 48.8 Å². The number of hydrogen-bond donors (Lipinski definition) is 0. The number of nitrogens with zero attached hydrogens (tertiary/aromatic N) is 7. The summed E-state index contributed by atoms with van der Waals surface area (Å²) in [7, 11) is 0. The minimum absolute atomic E-state index is 0.0758. The Labute approximate surface area is 389 Å². The lowest BCUT2D eigenvalue weighted by atomic mass is 10.0. The topological polar surface area (TPSA) is 109 Å². The van der Waals surface area contributed by atoms with E-state index in [1.165, 1.54) is 127 Å². The molecule has 3 fully saturated rings. The van der Waals surface area contributed by atoms with Gasteiger partial charge >= 0.3 is 0 Å². The molecule has 10 nitrogen and oxygen atoms in total. The summed E-state index contributed by atoms with van der Waals surface area (Å²) in [6.07, 6.45) is 30.9. The van der Waals surface area contributed by atoms with Gasteiger partial charge in [-0.25, -0.2) is 9.97 Å². The van der Waals surface area contributed by atoms with E-state index in [9.17, 15) is 14.4 Å². The van der Waals surface area contributed by atoms with Crippen LogP contribution >= 0.6 is 0 Å². The van der Waals surface area contributed by atoms with Crippen molar-refractivity contribution < 1.29 is 14.4 Å². The number of fused-ring (bicyclic) bond motifs is 3. The van der Waals surface area contributed by atoms with Crippen LogP contribution in [0.1, 0.15) is 170 Å². The smallest absolute Gasteiger partial charge is 0.271 e. The molecule has 350 valence electrons. The first-order chi connectivity index (χ1) is 31.2. The van der Waals surface area contributed by atoms with Crippen LogP contribution in [0.2, 0.25) is 0 Å². The minimum Gasteiger partial charge on any atom is -0.361 e. The second-order valence-corrected chi connectivity index (χ2v) is 18.4. The summed E-state index contributed by atoms with van der Waals surface area (Å²) < 4.78 is 5.71. The van der Waals surface area contributed by atoms with Crippen LogP contribution in [0.5, 0.6) is 0 Å². The van der Waals surface area contributed by atoms with Gasteiger partial charge in [0.1, 0.15) is 28.6 Å². The fourth-order valence-corrected chi connectivity index (χ4v) is 8.74. The average Bonchev–Trinajstić information content (AvgIpc) is 3.87. The number of ketones is 3. The standard InChI is InChI=1S/C13H16N2O.C12H11N3O.C12H14N2O.3C6H12/c1-8-5-6-12-10(3)11(4)15(7-9(2)16)13(12)14-8;1-8-6-15(7-9(2)16)12-10(8)4-5-11(13-3)14-12;1-8-6-14(7-10(3)15)12-11(8)5-4-9(2)13-12;3*1-2-4-6-5-3-1/h5-6H,7H2,1-4H3;4-6H,7H2,1-2H3;4-6H,7H2,1-3H3;3*1-6H2. The number of Topliss-reactive ketones (excluding diaryl/α,β-unsaturated/α-hetero) is 3. The van der Waals surface area contributed by atoms with E-state index in [1.807, 2.05) is 74.3 Å². The Morgan fingerprint density at radius 3 is 1.18 bits per heavy atom. The van der Waals surface area contributed by atoms with Gasteiger partial charge < -0.3 is 18.5 Å². The third kappa shape index (κ3) is 16.8. The molecule has 6 aromatic heterocycles. The second-order valence-electron chi connectivity index (χ2n) is 18.4. The van der Waals surface area contributed by atoms with Gasteiger partial charge in [0.15, 0.2) is 0 Å². The lowest BCUT2D eigenvalue weighted by Crippen LogP contribution is -2.08. The van der Waals surface area contributed by atoms with Gasteiger partial charge in [-0.2, -0.15) is 0 Å². The van der Waals surface area contributed by atoms with Crippen molar-refractivity contribution in [2.75, 3.05) is 0 Å². The predicted molar refractivity (Wildman–Crippen MR) is 269 cm³/mol. The third-order valence-corrected chi connectivity index (χ3v) is 12.4. The first-order valence-electron chi connectivity index (χ1n) is 24.4. The SMILES string of the molecule is C1CCCCC1.C1CCCCC1.C1CCCCC1.CC(=O)Cn1c(C)c(C)c2ccc(C)nc21.CC(=O)Cn1cc(C)c2ccc(C)nc21.[C-]#[N+]c1ccc2c(C)cn(CC(C)=O)c2n1. The minimum atomic E-state index is 0.0758. The first-order valence-corrected chi connectivity index (χ1v) is 24.4. The van der Waals surface area contributed by atoms with Crippen LogP contribution in [-0.4, -0.2) is 46.0 Å². The normalized spacial score (nSPS) is 14.4. The summed E-state index contributed by atoms with van der Waals surface area (Å²) in [6, 6.07) is 11.7. The molecular weight excluding hydrogens is 807 g/mol. The molecule has 0 aromatic carbocycles. The highest BCUT2D eigenvalue weighted by Gasteiger charge is 2.14. The van der Waals surface area contributed by atoms with E-state index in [0.29, 0.717) is 31.1 Å². The van der Waals surface area contributed by atoms with Gasteiger partial charge in [-0.3, -0.25) is 14.4 Å². The molecule has 3 aliphatic rings. The van der Waals surface area contributed by atoms with Gasteiger partial charge in [0.2, 0.25) is 5.65 Å². The highest BCUT2D eigenvalue weighted by molar-refractivity contribution is 5.86. The maximum atomic E-state index is 11.3. The van der Waals surface area contributed by atoms with Crippen LogP contribution in [0.25, 0.3) is 37.9 Å². The Morgan fingerprint density at radius 2 is 0.815 bits per heavy atom. The van der Waals surface area contributed by atoms with Crippen molar-refractivity contribution in [3.63, 3.8) is 0 Å². The molecule has 0 aliphatic heterocycles. The summed E-state index contributed by atoms with van der Waals surface area (Å²) in [6.45, 7) is 24.8. The van der Waals surface area contributed by atoms with Crippen molar-refractivity contribution in [3.05, 3.63) is 94.0 Å². The molecule has 6 heterocycles. The number of aryl methyl sites for hydroxylation is 5. The number of hydrogen-bond acceptors (Lipinski definition) is 6. The highest BCUT2D eigenvalue weighted by Crippen LogP contribution is 2.25. The molecular formula is C55H77N7O3. The fraction of sp³-hybridized carbons (Fsp3) is 0.545. The van der Waals surface area contributed by atoms with Crippen molar-refractivity contribution >= 4 is 56.3 Å². The summed E-state index contributed by atoms with van der Waals surface area (Å²) in [4.78, 5) is 50.0. The van der Waals surface area contributed by atoms with E-state index in [2.05, 4.69) is 38.9 Å². The molecule has 6 aromatic rings. The average molecular weight is 884 g/mol. The molecule has 0 saturated heterocycles. The summed E-state index contributed by atoms with van der Waals surface area (Å²) >= 11 is 0. The van der Waals surface area contributed by atoms with Crippen LogP contribution in [-0.2, 0) is 34.0 Å². The van der Waals surface area contributed by atoms with Crippen LogP contribution in [0.3, 0.4) is 0 Å². The highest BCUT2D eigenvalue weighted by atomic mass is 16.1. The van der Waals surface area contributed by atoms with Gasteiger partial charge in [0.25, 0.3) is 5.82 Å². The van der Waals surface area contributed by atoms with Gasteiger partial charge in [0.05, 0.1) is 19.6 Å². The van der Waals surface area contributed by atoms with E-state index in [0.717, 1.165) is 50.1 Å². The largest absolute Gasteiger partial charge is 0.361 e. The zero-order valence-corrected chi connectivity index (χ0v) is 41.3. The molecule has 3 aliphatic carbocycles. The Kier molecular flexibility index (Phi) is 21.8. The zero-order chi connectivity index (χ0) is 47.3. The first kappa shape index (κ1) is 52.2. The molecule has 9 rings (SSSR count). The van der Waals surface area contributed by atoms with E-state index in [1.54, 1.807) is 31.4 Å². The Balaban J connectivity index is 0.000000179.